The van der Waals surface area contributed by atoms with Crippen LogP contribution >= 0.6 is 22.9 Å². The topological polar surface area (TPSA) is 118 Å². The Bertz CT molecular complexity index is 1130. The molecule has 1 aliphatic carbocycles. The summed E-state index contributed by atoms with van der Waals surface area (Å²) in [6, 6.07) is 4.04. The average molecular weight is 484 g/mol. The molecule has 0 spiro atoms. The number of carbonyl (C=O) groups is 2. The molecule has 1 aromatic heterocycles. The number of fused-ring (bicyclic) bond motifs is 1. The molecule has 0 unspecified atom stereocenters. The predicted octanol–water partition coefficient (Wildman–Crippen LogP) is 4.10. The normalized spacial score (nSPS) is 14.6. The molecule has 0 fully saturated rings. The number of nitrogens with two attached hydrogens (primary N) is 1. The van der Waals surface area contributed by atoms with E-state index in [4.69, 9.17) is 17.3 Å². The Morgan fingerprint density at radius 2 is 1.81 bits per heavy atom. The van der Waals surface area contributed by atoms with Crippen molar-refractivity contribution in [2.75, 3.05) is 5.32 Å². The zero-order valence-corrected chi connectivity index (χ0v) is 20.1. The molecule has 2 aromatic rings. The highest BCUT2D eigenvalue weighted by atomic mass is 35.5. The number of sulfonamides is 1. The zero-order valence-electron chi connectivity index (χ0n) is 17.7. The first-order valence-corrected chi connectivity index (χ1v) is 12.7. The van der Waals surface area contributed by atoms with Gasteiger partial charge in [0.2, 0.25) is 10.0 Å². The van der Waals surface area contributed by atoms with Crippen molar-refractivity contribution in [2.45, 2.75) is 63.3 Å². The third kappa shape index (κ3) is 5.46. The summed E-state index contributed by atoms with van der Waals surface area (Å²) in [4.78, 5) is 25.9. The lowest BCUT2D eigenvalue weighted by molar-refractivity contribution is 0.100. The molecule has 0 aliphatic heterocycles. The molecule has 168 valence electrons. The number of nitrogens with one attached hydrogen (secondary N) is 2. The van der Waals surface area contributed by atoms with Crippen molar-refractivity contribution in [3.05, 3.63) is 44.8 Å². The van der Waals surface area contributed by atoms with Gasteiger partial charge in [-0.15, -0.1) is 11.3 Å². The lowest BCUT2D eigenvalue weighted by atomic mass is 10.1. The van der Waals surface area contributed by atoms with Crippen LogP contribution in [0.1, 0.15) is 71.2 Å². The number of benzene rings is 1. The van der Waals surface area contributed by atoms with Crippen molar-refractivity contribution in [2.24, 2.45) is 5.73 Å². The van der Waals surface area contributed by atoms with Crippen molar-refractivity contribution in [1.29, 1.82) is 0 Å². The summed E-state index contributed by atoms with van der Waals surface area (Å²) >= 11 is 7.47. The van der Waals surface area contributed by atoms with E-state index in [-0.39, 0.29) is 15.5 Å². The van der Waals surface area contributed by atoms with Crippen molar-refractivity contribution in [1.82, 2.24) is 4.72 Å². The van der Waals surface area contributed by atoms with Gasteiger partial charge in [0.1, 0.15) is 9.90 Å². The second-order valence-electron chi connectivity index (χ2n) is 8.59. The Morgan fingerprint density at radius 3 is 2.45 bits per heavy atom. The quantitative estimate of drug-likeness (QED) is 0.554. The molecule has 0 saturated carbocycles. The number of rotatable bonds is 5. The summed E-state index contributed by atoms with van der Waals surface area (Å²) in [6.45, 7) is 5.13. The largest absolute Gasteiger partial charge is 0.365 e. The molecule has 31 heavy (non-hydrogen) atoms. The molecule has 7 nitrogen and oxygen atoms in total. The van der Waals surface area contributed by atoms with E-state index in [1.165, 1.54) is 29.5 Å². The van der Waals surface area contributed by atoms with Gasteiger partial charge < -0.3 is 11.1 Å². The number of hydrogen-bond acceptors (Lipinski definition) is 5. The van der Waals surface area contributed by atoms with Gasteiger partial charge in [-0.3, -0.25) is 9.59 Å². The van der Waals surface area contributed by atoms with Gasteiger partial charge >= 0.3 is 0 Å². The standard InChI is InChI=1S/C21H26ClN3O4S2/c1-21(2,3)25-31(28,29)16-11-12(9-10-14(16)22)19(27)24-20-17(18(23)26)13-7-5-4-6-8-15(13)30-20/h9-11,25H,4-8H2,1-3H3,(H2,23,26)(H,24,27). The third-order valence-corrected chi connectivity index (χ3v) is 8.26. The fourth-order valence-corrected chi connectivity index (χ4v) is 6.81. The van der Waals surface area contributed by atoms with Crippen LogP contribution in [0.25, 0.3) is 0 Å². The highest BCUT2D eigenvalue weighted by Crippen LogP contribution is 2.37. The molecule has 0 radical (unpaired) electrons. The fraction of sp³-hybridized carbons (Fsp3) is 0.429. The van der Waals surface area contributed by atoms with Gasteiger partial charge in [0.25, 0.3) is 11.8 Å². The molecule has 4 N–H and O–H groups in total. The highest BCUT2D eigenvalue weighted by molar-refractivity contribution is 7.89. The van der Waals surface area contributed by atoms with Crippen molar-refractivity contribution in [3.8, 4) is 0 Å². The molecule has 3 rings (SSSR count). The van der Waals surface area contributed by atoms with Crippen molar-refractivity contribution < 1.29 is 18.0 Å². The predicted molar refractivity (Wildman–Crippen MR) is 124 cm³/mol. The van der Waals surface area contributed by atoms with Gasteiger partial charge in [-0.25, -0.2) is 13.1 Å². The minimum Gasteiger partial charge on any atom is -0.365 e. The summed E-state index contributed by atoms with van der Waals surface area (Å²) in [5, 5.41) is 3.16. The molecule has 0 atom stereocenters. The molecule has 0 saturated heterocycles. The van der Waals surface area contributed by atoms with Crippen LogP contribution < -0.4 is 15.8 Å². The fourth-order valence-electron chi connectivity index (χ4n) is 3.58. The second kappa shape index (κ2) is 8.90. The number of aryl methyl sites for hydroxylation is 1. The van der Waals surface area contributed by atoms with Gasteiger partial charge in [0, 0.05) is 16.0 Å². The van der Waals surface area contributed by atoms with Crippen LogP contribution in [0.3, 0.4) is 0 Å². The SMILES string of the molecule is CC(C)(C)NS(=O)(=O)c1cc(C(=O)Nc2sc3c(c2C(N)=O)CCCCC3)ccc1Cl. The van der Waals surface area contributed by atoms with E-state index in [9.17, 15) is 18.0 Å². The molecule has 0 bridgehead atoms. The van der Waals surface area contributed by atoms with E-state index in [0.29, 0.717) is 10.6 Å². The van der Waals surface area contributed by atoms with E-state index in [0.717, 1.165) is 42.5 Å². The van der Waals surface area contributed by atoms with Gasteiger partial charge in [-0.05, 0) is 70.2 Å². The maximum absolute atomic E-state index is 12.9. The van der Waals surface area contributed by atoms with E-state index < -0.39 is 27.4 Å². The van der Waals surface area contributed by atoms with Crippen molar-refractivity contribution >= 4 is 49.8 Å². The minimum atomic E-state index is -3.94. The van der Waals surface area contributed by atoms with E-state index in [1.807, 2.05) is 0 Å². The van der Waals surface area contributed by atoms with Gasteiger partial charge in [0.05, 0.1) is 10.6 Å². The van der Waals surface area contributed by atoms with Gasteiger partial charge in [-0.1, -0.05) is 18.0 Å². The van der Waals surface area contributed by atoms with Crippen LogP contribution in [0.15, 0.2) is 23.1 Å². The van der Waals surface area contributed by atoms with Crippen LogP contribution in [0, 0.1) is 0 Å². The van der Waals surface area contributed by atoms with Crippen LogP contribution in [-0.4, -0.2) is 25.8 Å². The maximum Gasteiger partial charge on any atom is 0.256 e. The van der Waals surface area contributed by atoms with Crippen LogP contribution in [0.2, 0.25) is 5.02 Å². The minimum absolute atomic E-state index is 0.00830. The summed E-state index contributed by atoms with van der Waals surface area (Å²) in [7, 11) is -3.94. The molecular weight excluding hydrogens is 458 g/mol. The number of primary amides is 1. The maximum atomic E-state index is 12.9. The Hall–Kier alpha value is -1.94. The summed E-state index contributed by atoms with van der Waals surface area (Å²) in [5.41, 5.74) is 6.28. The molecular formula is C21H26ClN3O4S2. The molecule has 1 heterocycles. The lowest BCUT2D eigenvalue weighted by Crippen LogP contribution is -2.40. The zero-order chi connectivity index (χ0) is 23.0. The first-order valence-electron chi connectivity index (χ1n) is 9.98. The monoisotopic (exact) mass is 483 g/mol. The van der Waals surface area contributed by atoms with Crippen LogP contribution in [0.5, 0.6) is 0 Å². The molecule has 2 amide bonds. The number of carbonyl (C=O) groups excluding carboxylic acids is 2. The van der Waals surface area contributed by atoms with Crippen LogP contribution in [0.4, 0.5) is 5.00 Å². The first kappa shape index (κ1) is 23.7. The molecule has 1 aromatic carbocycles. The number of amides is 2. The van der Waals surface area contributed by atoms with Crippen LogP contribution in [-0.2, 0) is 22.9 Å². The number of thiophene rings is 1. The van der Waals surface area contributed by atoms with Gasteiger partial charge in [-0.2, -0.15) is 0 Å². The van der Waals surface area contributed by atoms with E-state index in [1.54, 1.807) is 20.8 Å². The molecule has 10 heteroatoms. The summed E-state index contributed by atoms with van der Waals surface area (Å²) in [6.07, 6.45) is 4.68. The van der Waals surface area contributed by atoms with Crippen molar-refractivity contribution in [3.63, 3.8) is 0 Å². The summed E-state index contributed by atoms with van der Waals surface area (Å²) in [5.74, 6) is -1.12. The smallest absolute Gasteiger partial charge is 0.256 e. The number of anilines is 1. The van der Waals surface area contributed by atoms with E-state index in [2.05, 4.69) is 10.0 Å². The Balaban J connectivity index is 1.94. The summed E-state index contributed by atoms with van der Waals surface area (Å²) < 4.78 is 28.0. The third-order valence-electron chi connectivity index (χ3n) is 4.82. The second-order valence-corrected chi connectivity index (χ2v) is 11.8. The Labute approximate surface area is 191 Å². The van der Waals surface area contributed by atoms with Gasteiger partial charge in [0.15, 0.2) is 0 Å². The Morgan fingerprint density at radius 1 is 1.13 bits per heavy atom. The Kier molecular flexibility index (Phi) is 6.81. The highest BCUT2D eigenvalue weighted by Gasteiger charge is 2.27. The van der Waals surface area contributed by atoms with E-state index >= 15 is 0 Å². The number of halogens is 1. The molecule has 1 aliphatic rings. The number of hydrogen-bond donors (Lipinski definition) is 3. The lowest BCUT2D eigenvalue weighted by Gasteiger charge is -2.21. The first-order chi connectivity index (χ1) is 14.4. The average Bonchev–Trinajstić information content (AvgIpc) is 2.81.